The highest BCUT2D eigenvalue weighted by molar-refractivity contribution is 6.31. The molecule has 0 bridgehead atoms. The highest BCUT2D eigenvalue weighted by atomic mass is 35.5. The Bertz CT molecular complexity index is 439. The van der Waals surface area contributed by atoms with Gasteiger partial charge in [-0.15, -0.1) is 0 Å². The van der Waals surface area contributed by atoms with Crippen LogP contribution in [0.15, 0.2) is 18.2 Å². The van der Waals surface area contributed by atoms with Crippen LogP contribution < -0.4 is 11.1 Å². The molecule has 0 aromatic heterocycles. The molecule has 0 radical (unpaired) electrons. The van der Waals surface area contributed by atoms with Crippen LogP contribution >= 0.6 is 11.6 Å². The minimum atomic E-state index is -0.408. The summed E-state index contributed by atoms with van der Waals surface area (Å²) in [6, 6.07) is 3.77. The molecule has 1 amide bonds. The zero-order valence-electron chi connectivity index (χ0n) is 11.0. The van der Waals surface area contributed by atoms with E-state index in [0.29, 0.717) is 5.56 Å². The second kappa shape index (κ2) is 7.43. The molecule has 0 aliphatic heterocycles. The van der Waals surface area contributed by atoms with E-state index in [0.717, 1.165) is 0 Å². The number of nitrogens with one attached hydrogen (secondary N) is 1. The summed E-state index contributed by atoms with van der Waals surface area (Å²) in [5.41, 5.74) is 6.11. The van der Waals surface area contributed by atoms with Crippen molar-refractivity contribution >= 4 is 17.5 Å². The van der Waals surface area contributed by atoms with E-state index in [1.807, 2.05) is 0 Å². The lowest BCUT2D eigenvalue weighted by atomic mass is 10.1. The summed E-state index contributed by atoms with van der Waals surface area (Å²) < 4.78 is 18.0. The molecule has 1 aromatic rings. The molecule has 0 fully saturated rings. The SMILES string of the molecule is COC(CN)CC(=O)NC(C)c1ccc(F)cc1Cl. The van der Waals surface area contributed by atoms with Gasteiger partial charge < -0.3 is 15.8 Å². The number of rotatable bonds is 6. The van der Waals surface area contributed by atoms with Gasteiger partial charge in [0.1, 0.15) is 5.82 Å². The largest absolute Gasteiger partial charge is 0.380 e. The Balaban J connectivity index is 2.63. The summed E-state index contributed by atoms with van der Waals surface area (Å²) >= 11 is 5.93. The van der Waals surface area contributed by atoms with E-state index in [1.165, 1.54) is 19.2 Å². The van der Waals surface area contributed by atoms with Crippen molar-refractivity contribution in [2.24, 2.45) is 5.73 Å². The minimum Gasteiger partial charge on any atom is -0.380 e. The average Bonchev–Trinajstić information content (AvgIpc) is 2.35. The van der Waals surface area contributed by atoms with Gasteiger partial charge in [-0.2, -0.15) is 0 Å². The second-order valence-corrected chi connectivity index (χ2v) is 4.66. The maximum absolute atomic E-state index is 12.9. The van der Waals surface area contributed by atoms with Gasteiger partial charge in [0.25, 0.3) is 0 Å². The zero-order valence-corrected chi connectivity index (χ0v) is 11.7. The van der Waals surface area contributed by atoms with E-state index in [4.69, 9.17) is 22.1 Å². The Morgan fingerprint density at radius 3 is 2.79 bits per heavy atom. The van der Waals surface area contributed by atoms with Crippen molar-refractivity contribution < 1.29 is 13.9 Å². The molecule has 19 heavy (non-hydrogen) atoms. The van der Waals surface area contributed by atoms with Crippen LogP contribution in [-0.2, 0) is 9.53 Å². The predicted octanol–water partition coefficient (Wildman–Crippen LogP) is 2.02. The molecule has 2 unspecified atom stereocenters. The minimum absolute atomic E-state index is 0.177. The first-order valence-electron chi connectivity index (χ1n) is 5.95. The van der Waals surface area contributed by atoms with Gasteiger partial charge in [0.2, 0.25) is 5.91 Å². The monoisotopic (exact) mass is 288 g/mol. The smallest absolute Gasteiger partial charge is 0.223 e. The molecule has 0 heterocycles. The van der Waals surface area contributed by atoms with Crippen LogP contribution in [0.4, 0.5) is 4.39 Å². The van der Waals surface area contributed by atoms with E-state index >= 15 is 0 Å². The number of ether oxygens (including phenoxy) is 1. The molecule has 0 spiro atoms. The van der Waals surface area contributed by atoms with Crippen LogP contribution in [0.3, 0.4) is 0 Å². The van der Waals surface area contributed by atoms with Gasteiger partial charge in [-0.3, -0.25) is 4.79 Å². The highest BCUT2D eigenvalue weighted by Crippen LogP contribution is 2.23. The van der Waals surface area contributed by atoms with E-state index in [2.05, 4.69) is 5.32 Å². The van der Waals surface area contributed by atoms with Crippen LogP contribution in [0.25, 0.3) is 0 Å². The first-order valence-corrected chi connectivity index (χ1v) is 6.33. The van der Waals surface area contributed by atoms with Crippen LogP contribution in [0.5, 0.6) is 0 Å². The Morgan fingerprint density at radius 1 is 1.58 bits per heavy atom. The molecule has 6 heteroatoms. The molecular weight excluding hydrogens is 271 g/mol. The summed E-state index contributed by atoms with van der Waals surface area (Å²) in [6.07, 6.45) is -0.133. The standard InChI is InChI=1S/C13H18ClFN2O2/c1-8(11-4-3-9(15)5-12(11)14)17-13(18)6-10(7-16)19-2/h3-5,8,10H,6-7,16H2,1-2H3,(H,17,18). The molecule has 106 valence electrons. The van der Waals surface area contributed by atoms with Gasteiger partial charge in [-0.25, -0.2) is 4.39 Å². The fraction of sp³-hybridized carbons (Fsp3) is 0.462. The number of methoxy groups -OCH3 is 1. The van der Waals surface area contributed by atoms with E-state index in [9.17, 15) is 9.18 Å². The van der Waals surface area contributed by atoms with Gasteiger partial charge in [0.05, 0.1) is 18.6 Å². The fourth-order valence-corrected chi connectivity index (χ4v) is 2.03. The van der Waals surface area contributed by atoms with Crippen LogP contribution in [0.2, 0.25) is 5.02 Å². The molecule has 0 saturated carbocycles. The third-order valence-electron chi connectivity index (χ3n) is 2.82. The normalized spacial score (nSPS) is 13.9. The third kappa shape index (κ3) is 4.78. The first kappa shape index (κ1) is 15.9. The van der Waals surface area contributed by atoms with Crippen LogP contribution in [-0.4, -0.2) is 25.7 Å². The molecule has 0 saturated heterocycles. The van der Waals surface area contributed by atoms with E-state index in [1.54, 1.807) is 13.0 Å². The van der Waals surface area contributed by atoms with E-state index in [-0.39, 0.29) is 36.0 Å². The molecule has 4 nitrogen and oxygen atoms in total. The van der Waals surface area contributed by atoms with Gasteiger partial charge in [0.15, 0.2) is 0 Å². The molecule has 0 aliphatic rings. The number of carbonyl (C=O) groups is 1. The summed E-state index contributed by atoms with van der Waals surface area (Å²) in [6.45, 7) is 2.05. The number of hydrogen-bond donors (Lipinski definition) is 2. The van der Waals surface area contributed by atoms with Crippen molar-refractivity contribution in [3.05, 3.63) is 34.6 Å². The number of nitrogens with two attached hydrogens (primary N) is 1. The molecule has 1 rings (SSSR count). The number of hydrogen-bond acceptors (Lipinski definition) is 3. The van der Waals surface area contributed by atoms with Crippen LogP contribution in [0, 0.1) is 5.82 Å². The van der Waals surface area contributed by atoms with E-state index < -0.39 is 5.82 Å². The summed E-state index contributed by atoms with van der Waals surface area (Å²) in [5.74, 6) is -0.597. The van der Waals surface area contributed by atoms with Crippen molar-refractivity contribution in [3.63, 3.8) is 0 Å². The van der Waals surface area contributed by atoms with Crippen molar-refractivity contribution in [3.8, 4) is 0 Å². The molecular formula is C13H18ClFN2O2. The van der Waals surface area contributed by atoms with Gasteiger partial charge >= 0.3 is 0 Å². The van der Waals surface area contributed by atoms with Gasteiger partial charge in [-0.05, 0) is 24.6 Å². The Morgan fingerprint density at radius 2 is 2.26 bits per heavy atom. The fourth-order valence-electron chi connectivity index (χ4n) is 1.70. The molecule has 2 atom stereocenters. The lowest BCUT2D eigenvalue weighted by Crippen LogP contribution is -2.33. The molecule has 0 aliphatic carbocycles. The molecule has 1 aromatic carbocycles. The highest BCUT2D eigenvalue weighted by Gasteiger charge is 2.16. The quantitative estimate of drug-likeness (QED) is 0.842. The summed E-state index contributed by atoms with van der Waals surface area (Å²) in [7, 11) is 1.51. The molecule has 3 N–H and O–H groups in total. The second-order valence-electron chi connectivity index (χ2n) is 4.25. The van der Waals surface area contributed by atoms with Crippen molar-refractivity contribution in [1.82, 2.24) is 5.32 Å². The van der Waals surface area contributed by atoms with Gasteiger partial charge in [0, 0.05) is 18.7 Å². The Hall–Kier alpha value is -1.17. The Kier molecular flexibility index (Phi) is 6.21. The van der Waals surface area contributed by atoms with Crippen molar-refractivity contribution in [2.45, 2.75) is 25.5 Å². The third-order valence-corrected chi connectivity index (χ3v) is 3.14. The van der Waals surface area contributed by atoms with Crippen LogP contribution in [0.1, 0.15) is 24.9 Å². The van der Waals surface area contributed by atoms with Gasteiger partial charge in [-0.1, -0.05) is 17.7 Å². The lowest BCUT2D eigenvalue weighted by molar-refractivity contribution is -0.124. The van der Waals surface area contributed by atoms with Crippen molar-refractivity contribution in [2.75, 3.05) is 13.7 Å². The number of amides is 1. The average molecular weight is 289 g/mol. The maximum atomic E-state index is 12.9. The summed E-state index contributed by atoms with van der Waals surface area (Å²) in [4.78, 5) is 11.8. The van der Waals surface area contributed by atoms with Crippen molar-refractivity contribution in [1.29, 1.82) is 0 Å². The Labute approximate surface area is 117 Å². The number of carbonyl (C=O) groups excluding carboxylic acids is 1. The first-order chi connectivity index (χ1) is 8.97. The number of halogens is 2. The number of benzene rings is 1. The lowest BCUT2D eigenvalue weighted by Gasteiger charge is -2.18. The zero-order chi connectivity index (χ0) is 14.4. The maximum Gasteiger partial charge on any atom is 0.223 e. The predicted molar refractivity (Wildman–Crippen MR) is 72.4 cm³/mol. The summed E-state index contributed by atoms with van der Waals surface area (Å²) in [5, 5.41) is 3.06. The topological polar surface area (TPSA) is 64.3 Å².